The van der Waals surface area contributed by atoms with Crippen LogP contribution in [0.5, 0.6) is 0 Å². The Kier molecular flexibility index (Phi) is 2.64. The van der Waals surface area contributed by atoms with Gasteiger partial charge in [-0.2, -0.15) is 0 Å². The molecule has 0 saturated carbocycles. The van der Waals surface area contributed by atoms with Gasteiger partial charge in [0.1, 0.15) is 0 Å². The van der Waals surface area contributed by atoms with Gasteiger partial charge in [-0.05, 0) is 19.1 Å². The van der Waals surface area contributed by atoms with E-state index in [4.69, 9.17) is 17.3 Å². The number of halogens is 1. The summed E-state index contributed by atoms with van der Waals surface area (Å²) in [6.45, 7) is 2.86. The first-order valence-electron chi connectivity index (χ1n) is 4.80. The first kappa shape index (κ1) is 10.1. The van der Waals surface area contributed by atoms with Crippen LogP contribution in [0.3, 0.4) is 0 Å². The van der Waals surface area contributed by atoms with Crippen LogP contribution in [0.15, 0.2) is 24.4 Å². The lowest BCUT2D eigenvalue weighted by Crippen LogP contribution is -2.01. The first-order valence-corrected chi connectivity index (χ1v) is 5.17. The molecule has 78 valence electrons. The number of benzene rings is 1. The predicted octanol–water partition coefficient (Wildman–Crippen LogP) is 2.90. The number of hydrogen-bond donors (Lipinski definition) is 2. The van der Waals surface area contributed by atoms with E-state index in [1.54, 1.807) is 6.20 Å². The highest BCUT2D eigenvalue weighted by atomic mass is 35.5. The Morgan fingerprint density at radius 3 is 3.00 bits per heavy atom. The highest BCUT2D eigenvalue weighted by molar-refractivity contribution is 6.31. The molecule has 0 aliphatic carbocycles. The summed E-state index contributed by atoms with van der Waals surface area (Å²) in [7, 11) is 0. The van der Waals surface area contributed by atoms with Gasteiger partial charge in [0.25, 0.3) is 0 Å². The van der Waals surface area contributed by atoms with Crippen LogP contribution in [0.1, 0.15) is 6.92 Å². The fourth-order valence-electron chi connectivity index (χ4n) is 1.54. The second-order valence-electron chi connectivity index (χ2n) is 3.28. The molecule has 1 aromatic heterocycles. The van der Waals surface area contributed by atoms with Crippen molar-refractivity contribution in [1.29, 1.82) is 0 Å². The van der Waals surface area contributed by atoms with E-state index in [-0.39, 0.29) is 0 Å². The number of fused-ring (bicyclic) bond motifs is 1. The lowest BCUT2D eigenvalue weighted by molar-refractivity contribution is 1.21. The third kappa shape index (κ3) is 1.83. The molecule has 0 saturated heterocycles. The minimum absolute atomic E-state index is 0.623. The van der Waals surface area contributed by atoms with E-state index in [2.05, 4.69) is 10.3 Å². The zero-order chi connectivity index (χ0) is 10.8. The van der Waals surface area contributed by atoms with E-state index in [9.17, 15) is 0 Å². The molecular formula is C11H12ClN3. The van der Waals surface area contributed by atoms with E-state index < -0.39 is 0 Å². The third-order valence-electron chi connectivity index (χ3n) is 2.23. The number of pyridine rings is 1. The Hall–Kier alpha value is -1.48. The first-order chi connectivity index (χ1) is 7.22. The molecule has 3 N–H and O–H groups in total. The van der Waals surface area contributed by atoms with Crippen molar-refractivity contribution in [2.24, 2.45) is 0 Å². The minimum Gasteiger partial charge on any atom is -0.395 e. The van der Waals surface area contributed by atoms with Gasteiger partial charge in [0.15, 0.2) is 0 Å². The highest BCUT2D eigenvalue weighted by Gasteiger charge is 2.04. The highest BCUT2D eigenvalue weighted by Crippen LogP contribution is 2.28. The van der Waals surface area contributed by atoms with Gasteiger partial charge in [-0.25, -0.2) is 0 Å². The average molecular weight is 222 g/mol. The SMILES string of the molecule is CCNc1ccc2cc(Cl)cnc2c1N. The van der Waals surface area contributed by atoms with Crippen LogP contribution >= 0.6 is 11.6 Å². The van der Waals surface area contributed by atoms with Crippen molar-refractivity contribution in [2.75, 3.05) is 17.6 Å². The Labute approximate surface area is 93.3 Å². The molecule has 4 heteroatoms. The van der Waals surface area contributed by atoms with Crippen LogP contribution in [0.4, 0.5) is 11.4 Å². The molecule has 0 radical (unpaired) electrons. The number of nitrogen functional groups attached to an aromatic ring is 1. The van der Waals surface area contributed by atoms with Crippen molar-refractivity contribution in [2.45, 2.75) is 6.92 Å². The molecule has 0 bridgehead atoms. The molecule has 0 atom stereocenters. The standard InChI is InChI=1S/C11H12ClN3/c1-2-14-9-4-3-7-5-8(12)6-15-11(7)10(9)13/h3-6,14H,2,13H2,1H3. The summed E-state index contributed by atoms with van der Waals surface area (Å²) in [5.74, 6) is 0. The number of nitrogens with zero attached hydrogens (tertiary/aromatic N) is 1. The molecule has 1 heterocycles. The summed E-state index contributed by atoms with van der Waals surface area (Å²) in [4.78, 5) is 4.23. The van der Waals surface area contributed by atoms with E-state index in [0.29, 0.717) is 10.7 Å². The fraction of sp³-hybridized carbons (Fsp3) is 0.182. The predicted molar refractivity (Wildman–Crippen MR) is 65.3 cm³/mol. The molecule has 0 spiro atoms. The van der Waals surface area contributed by atoms with E-state index in [0.717, 1.165) is 23.1 Å². The number of rotatable bonds is 2. The summed E-state index contributed by atoms with van der Waals surface area (Å²) in [6, 6.07) is 5.76. The second kappa shape index (κ2) is 3.95. The van der Waals surface area contributed by atoms with Crippen LogP contribution in [-0.4, -0.2) is 11.5 Å². The Bertz CT molecular complexity index is 496. The minimum atomic E-state index is 0.623. The number of hydrogen-bond acceptors (Lipinski definition) is 3. The molecule has 0 fully saturated rings. The zero-order valence-electron chi connectivity index (χ0n) is 8.42. The Morgan fingerprint density at radius 2 is 2.27 bits per heavy atom. The molecule has 2 aromatic rings. The maximum Gasteiger partial charge on any atom is 0.0953 e. The second-order valence-corrected chi connectivity index (χ2v) is 3.72. The van der Waals surface area contributed by atoms with Crippen molar-refractivity contribution < 1.29 is 0 Å². The van der Waals surface area contributed by atoms with Gasteiger partial charge in [0.05, 0.1) is 21.9 Å². The van der Waals surface area contributed by atoms with Crippen LogP contribution in [-0.2, 0) is 0 Å². The van der Waals surface area contributed by atoms with Gasteiger partial charge in [0, 0.05) is 18.1 Å². The van der Waals surface area contributed by atoms with Gasteiger partial charge < -0.3 is 11.1 Å². The largest absolute Gasteiger partial charge is 0.395 e. The third-order valence-corrected chi connectivity index (χ3v) is 2.43. The fourth-order valence-corrected chi connectivity index (χ4v) is 1.71. The van der Waals surface area contributed by atoms with Crippen molar-refractivity contribution in [3.8, 4) is 0 Å². The summed E-state index contributed by atoms with van der Waals surface area (Å²) < 4.78 is 0. The van der Waals surface area contributed by atoms with Crippen LogP contribution in [0.2, 0.25) is 5.02 Å². The summed E-state index contributed by atoms with van der Waals surface area (Å²) in [5, 5.41) is 4.77. The molecule has 2 rings (SSSR count). The van der Waals surface area contributed by atoms with Crippen LogP contribution in [0.25, 0.3) is 10.9 Å². The van der Waals surface area contributed by atoms with Crippen molar-refractivity contribution in [3.05, 3.63) is 29.4 Å². The zero-order valence-corrected chi connectivity index (χ0v) is 9.17. The van der Waals surface area contributed by atoms with Gasteiger partial charge >= 0.3 is 0 Å². The molecule has 0 amide bonds. The molecule has 3 nitrogen and oxygen atoms in total. The lowest BCUT2D eigenvalue weighted by Gasteiger charge is -2.09. The quantitative estimate of drug-likeness (QED) is 0.767. The average Bonchev–Trinajstić information content (AvgIpc) is 2.22. The summed E-state index contributed by atoms with van der Waals surface area (Å²) in [5.41, 5.74) is 8.37. The molecule has 15 heavy (non-hydrogen) atoms. The molecule has 0 aliphatic rings. The molecular weight excluding hydrogens is 210 g/mol. The summed E-state index contributed by atoms with van der Waals surface area (Å²) in [6.07, 6.45) is 1.61. The number of nitrogens with one attached hydrogen (secondary N) is 1. The van der Waals surface area contributed by atoms with Crippen molar-refractivity contribution in [1.82, 2.24) is 4.98 Å². The number of nitrogens with two attached hydrogens (primary N) is 1. The van der Waals surface area contributed by atoms with Gasteiger partial charge in [-0.3, -0.25) is 4.98 Å². The number of aromatic nitrogens is 1. The van der Waals surface area contributed by atoms with Crippen LogP contribution < -0.4 is 11.1 Å². The van der Waals surface area contributed by atoms with E-state index >= 15 is 0 Å². The normalized spacial score (nSPS) is 10.5. The Morgan fingerprint density at radius 1 is 1.47 bits per heavy atom. The Balaban J connectivity index is 2.63. The van der Waals surface area contributed by atoms with Crippen molar-refractivity contribution >= 4 is 33.9 Å². The monoisotopic (exact) mass is 221 g/mol. The van der Waals surface area contributed by atoms with E-state index in [1.165, 1.54) is 0 Å². The van der Waals surface area contributed by atoms with Gasteiger partial charge in [-0.15, -0.1) is 0 Å². The van der Waals surface area contributed by atoms with Gasteiger partial charge in [-0.1, -0.05) is 17.7 Å². The topological polar surface area (TPSA) is 50.9 Å². The van der Waals surface area contributed by atoms with Gasteiger partial charge in [0.2, 0.25) is 0 Å². The summed E-state index contributed by atoms with van der Waals surface area (Å²) >= 11 is 5.85. The maximum atomic E-state index is 5.99. The molecule has 0 aliphatic heterocycles. The smallest absolute Gasteiger partial charge is 0.0953 e. The molecule has 0 unspecified atom stereocenters. The van der Waals surface area contributed by atoms with Crippen molar-refractivity contribution in [3.63, 3.8) is 0 Å². The lowest BCUT2D eigenvalue weighted by atomic mass is 10.1. The number of anilines is 2. The van der Waals surface area contributed by atoms with E-state index in [1.807, 2.05) is 25.1 Å². The van der Waals surface area contributed by atoms with Crippen LogP contribution in [0, 0.1) is 0 Å². The molecule has 1 aromatic carbocycles. The maximum absolute atomic E-state index is 5.99.